The second kappa shape index (κ2) is 6.33. The Kier molecular flexibility index (Phi) is 4.68. The van der Waals surface area contributed by atoms with Crippen molar-refractivity contribution in [3.8, 4) is 0 Å². The maximum Gasteiger partial charge on any atom is 0.261 e. The van der Waals surface area contributed by atoms with Gasteiger partial charge in [0.1, 0.15) is 0 Å². The Bertz CT molecular complexity index is 780. The van der Waals surface area contributed by atoms with Crippen LogP contribution in [0.25, 0.3) is 0 Å². The number of anilines is 2. The summed E-state index contributed by atoms with van der Waals surface area (Å²) in [5.74, 6) is 0. The standard InChI is InChI=1S/C15H17N3O2S2/c1-10-4-3-5-11(2)14(10)18-22(19,20)13-8-6-12(7-9-13)17-15(16)21/h3-9,18H,1-2H3,(H3,16,17,21). The Balaban J connectivity index is 2.29. The molecule has 0 aromatic heterocycles. The molecule has 0 amide bonds. The second-order valence-corrected chi connectivity index (χ2v) is 7.01. The van der Waals surface area contributed by atoms with Gasteiger partial charge in [0.25, 0.3) is 10.0 Å². The van der Waals surface area contributed by atoms with Crippen LogP contribution in [0.5, 0.6) is 0 Å². The van der Waals surface area contributed by atoms with E-state index in [2.05, 4.69) is 10.0 Å². The average molecular weight is 335 g/mol. The minimum atomic E-state index is -3.65. The Labute approximate surface area is 135 Å². The number of para-hydroxylation sites is 1. The fraction of sp³-hybridized carbons (Fsp3) is 0.133. The molecule has 0 bridgehead atoms. The van der Waals surface area contributed by atoms with Crippen LogP contribution in [0.3, 0.4) is 0 Å². The summed E-state index contributed by atoms with van der Waals surface area (Å²) in [6.07, 6.45) is 0. The molecule has 0 aliphatic heterocycles. The van der Waals surface area contributed by atoms with E-state index in [0.29, 0.717) is 11.4 Å². The van der Waals surface area contributed by atoms with Gasteiger partial charge in [0.15, 0.2) is 5.11 Å². The Morgan fingerprint density at radius 1 is 1.05 bits per heavy atom. The van der Waals surface area contributed by atoms with Crippen molar-refractivity contribution in [2.75, 3.05) is 10.0 Å². The van der Waals surface area contributed by atoms with Crippen LogP contribution < -0.4 is 15.8 Å². The van der Waals surface area contributed by atoms with Crippen LogP contribution in [0, 0.1) is 13.8 Å². The number of hydrogen-bond acceptors (Lipinski definition) is 3. The van der Waals surface area contributed by atoms with Gasteiger partial charge in [-0.25, -0.2) is 8.42 Å². The van der Waals surface area contributed by atoms with E-state index in [4.69, 9.17) is 18.0 Å². The Morgan fingerprint density at radius 2 is 1.59 bits per heavy atom. The highest BCUT2D eigenvalue weighted by molar-refractivity contribution is 7.92. The Morgan fingerprint density at radius 3 is 2.09 bits per heavy atom. The van der Waals surface area contributed by atoms with Crippen LogP contribution in [0.1, 0.15) is 11.1 Å². The third kappa shape index (κ3) is 3.75. The number of hydrogen-bond donors (Lipinski definition) is 3. The maximum absolute atomic E-state index is 12.5. The first-order valence-corrected chi connectivity index (χ1v) is 8.44. The van der Waals surface area contributed by atoms with Crippen LogP contribution in [-0.4, -0.2) is 13.5 Å². The van der Waals surface area contributed by atoms with Gasteiger partial charge in [-0.1, -0.05) is 18.2 Å². The highest BCUT2D eigenvalue weighted by Crippen LogP contribution is 2.24. The molecule has 2 rings (SSSR count). The monoisotopic (exact) mass is 335 g/mol. The van der Waals surface area contributed by atoms with E-state index in [9.17, 15) is 8.42 Å². The van der Waals surface area contributed by atoms with Crippen molar-refractivity contribution < 1.29 is 8.42 Å². The van der Waals surface area contributed by atoms with Crippen LogP contribution in [-0.2, 0) is 10.0 Å². The van der Waals surface area contributed by atoms with E-state index in [1.165, 1.54) is 12.1 Å². The predicted molar refractivity (Wildman–Crippen MR) is 93.6 cm³/mol. The molecule has 22 heavy (non-hydrogen) atoms. The lowest BCUT2D eigenvalue weighted by molar-refractivity contribution is 0.601. The lowest BCUT2D eigenvalue weighted by Crippen LogP contribution is -2.19. The molecule has 0 radical (unpaired) electrons. The zero-order chi connectivity index (χ0) is 16.3. The molecule has 4 N–H and O–H groups in total. The summed E-state index contributed by atoms with van der Waals surface area (Å²) in [7, 11) is -3.65. The molecule has 0 spiro atoms. The SMILES string of the molecule is Cc1cccc(C)c1NS(=O)(=O)c1ccc(NC(N)=S)cc1. The van der Waals surface area contributed by atoms with Crippen LogP contribution in [0.15, 0.2) is 47.4 Å². The van der Waals surface area contributed by atoms with Crippen LogP contribution in [0.2, 0.25) is 0 Å². The van der Waals surface area contributed by atoms with Gasteiger partial charge in [-0.2, -0.15) is 0 Å². The lowest BCUT2D eigenvalue weighted by atomic mass is 10.1. The quantitative estimate of drug-likeness (QED) is 0.748. The summed E-state index contributed by atoms with van der Waals surface area (Å²) in [6.45, 7) is 3.72. The number of nitrogens with one attached hydrogen (secondary N) is 2. The number of nitrogens with two attached hydrogens (primary N) is 1. The molecule has 0 heterocycles. The van der Waals surface area contributed by atoms with Crippen molar-refractivity contribution >= 4 is 38.7 Å². The fourth-order valence-corrected chi connectivity index (χ4v) is 3.35. The topological polar surface area (TPSA) is 84.2 Å². The van der Waals surface area contributed by atoms with Gasteiger partial charge < -0.3 is 11.1 Å². The lowest BCUT2D eigenvalue weighted by Gasteiger charge is -2.13. The van der Waals surface area contributed by atoms with Gasteiger partial charge in [-0.15, -0.1) is 0 Å². The van der Waals surface area contributed by atoms with E-state index in [1.807, 2.05) is 32.0 Å². The normalized spacial score (nSPS) is 11.0. The molecule has 2 aromatic carbocycles. The van der Waals surface area contributed by atoms with E-state index >= 15 is 0 Å². The van der Waals surface area contributed by atoms with E-state index < -0.39 is 10.0 Å². The van der Waals surface area contributed by atoms with E-state index in [1.54, 1.807) is 12.1 Å². The smallest absolute Gasteiger partial charge is 0.261 e. The van der Waals surface area contributed by atoms with Gasteiger partial charge in [-0.3, -0.25) is 4.72 Å². The van der Waals surface area contributed by atoms with E-state index in [0.717, 1.165) is 11.1 Å². The zero-order valence-electron chi connectivity index (χ0n) is 12.3. The largest absolute Gasteiger partial charge is 0.376 e. The summed E-state index contributed by atoms with van der Waals surface area (Å²) >= 11 is 4.74. The number of sulfonamides is 1. The molecule has 116 valence electrons. The summed E-state index contributed by atoms with van der Waals surface area (Å²) in [5, 5.41) is 2.87. The minimum Gasteiger partial charge on any atom is -0.376 e. The van der Waals surface area contributed by atoms with Gasteiger partial charge in [-0.05, 0) is 61.5 Å². The van der Waals surface area contributed by atoms with Crippen molar-refractivity contribution in [2.45, 2.75) is 18.7 Å². The minimum absolute atomic E-state index is 0.129. The molecule has 0 aliphatic rings. The maximum atomic E-state index is 12.5. The van der Waals surface area contributed by atoms with Crippen LogP contribution in [0.4, 0.5) is 11.4 Å². The third-order valence-electron chi connectivity index (χ3n) is 3.15. The molecule has 0 atom stereocenters. The first-order valence-electron chi connectivity index (χ1n) is 6.55. The summed E-state index contributed by atoms with van der Waals surface area (Å²) in [4.78, 5) is 0.170. The number of rotatable bonds is 4. The van der Waals surface area contributed by atoms with Gasteiger partial charge >= 0.3 is 0 Å². The van der Waals surface area contributed by atoms with Crippen LogP contribution >= 0.6 is 12.2 Å². The van der Waals surface area contributed by atoms with Crippen molar-refractivity contribution in [1.82, 2.24) is 0 Å². The van der Waals surface area contributed by atoms with Gasteiger partial charge in [0.05, 0.1) is 10.6 Å². The summed E-state index contributed by atoms with van der Waals surface area (Å²) < 4.78 is 27.5. The molecule has 5 nitrogen and oxygen atoms in total. The molecule has 7 heteroatoms. The van der Waals surface area contributed by atoms with Gasteiger partial charge in [0, 0.05) is 5.69 Å². The second-order valence-electron chi connectivity index (χ2n) is 4.89. The highest BCUT2D eigenvalue weighted by Gasteiger charge is 2.16. The van der Waals surface area contributed by atoms with Crippen molar-refractivity contribution in [1.29, 1.82) is 0 Å². The third-order valence-corrected chi connectivity index (χ3v) is 4.62. The molecule has 0 saturated heterocycles. The number of benzene rings is 2. The van der Waals surface area contributed by atoms with Gasteiger partial charge in [0.2, 0.25) is 0 Å². The first kappa shape index (κ1) is 16.3. The highest BCUT2D eigenvalue weighted by atomic mass is 32.2. The Hall–Kier alpha value is -2.12. The molecule has 2 aromatic rings. The fourth-order valence-electron chi connectivity index (χ4n) is 2.03. The number of thiocarbonyl (C=S) groups is 1. The molecule has 0 aliphatic carbocycles. The summed E-state index contributed by atoms with van der Waals surface area (Å²) in [6, 6.07) is 11.8. The van der Waals surface area contributed by atoms with E-state index in [-0.39, 0.29) is 10.0 Å². The molecule has 0 saturated carbocycles. The molecule has 0 fully saturated rings. The van der Waals surface area contributed by atoms with Crippen molar-refractivity contribution in [2.24, 2.45) is 5.73 Å². The molecular formula is C15H17N3O2S2. The number of aryl methyl sites for hydroxylation is 2. The van der Waals surface area contributed by atoms with Crippen molar-refractivity contribution in [3.63, 3.8) is 0 Å². The van der Waals surface area contributed by atoms with Crippen molar-refractivity contribution in [3.05, 3.63) is 53.6 Å². The molecular weight excluding hydrogens is 318 g/mol. The average Bonchev–Trinajstić information content (AvgIpc) is 2.43. The predicted octanol–water partition coefficient (Wildman–Crippen LogP) is 2.76. The molecule has 0 unspecified atom stereocenters. The summed E-state index contributed by atoms with van der Waals surface area (Å²) in [5.41, 5.74) is 8.36. The first-order chi connectivity index (χ1) is 10.3. The zero-order valence-corrected chi connectivity index (χ0v) is 13.9.